The molecule has 72 valence electrons. The Labute approximate surface area is 90.5 Å². The van der Waals surface area contributed by atoms with Gasteiger partial charge in [0.1, 0.15) is 6.33 Å². The summed E-state index contributed by atoms with van der Waals surface area (Å²) in [6.45, 7) is 2.04. The molecule has 0 unspecified atom stereocenters. The predicted octanol–water partition coefficient (Wildman–Crippen LogP) is 2.58. The van der Waals surface area contributed by atoms with Crippen molar-refractivity contribution in [2.45, 2.75) is 16.2 Å². The first kappa shape index (κ1) is 9.48. The average Bonchev–Trinajstić information content (AvgIpc) is 2.62. The lowest BCUT2D eigenvalue weighted by molar-refractivity contribution is 1.20. The van der Waals surface area contributed by atoms with Crippen molar-refractivity contribution in [2.24, 2.45) is 0 Å². The molecule has 2 rings (SSSR count). The van der Waals surface area contributed by atoms with E-state index in [1.54, 1.807) is 18.1 Å². The summed E-state index contributed by atoms with van der Waals surface area (Å²) in [6.07, 6.45) is 1.57. The molecule has 1 heterocycles. The summed E-state index contributed by atoms with van der Waals surface area (Å²) in [5, 5.41) is 0. The summed E-state index contributed by atoms with van der Waals surface area (Å²) >= 11 is 3.02. The molecule has 0 saturated heterocycles. The van der Waals surface area contributed by atoms with Gasteiger partial charge in [0.25, 0.3) is 0 Å². The molecule has 1 aromatic carbocycles. The first-order chi connectivity index (χ1) is 6.75. The van der Waals surface area contributed by atoms with Crippen LogP contribution in [0.15, 0.2) is 33.8 Å². The van der Waals surface area contributed by atoms with E-state index in [0.29, 0.717) is 0 Å². The Hall–Kier alpha value is -1.07. The van der Waals surface area contributed by atoms with Crippen molar-refractivity contribution in [3.8, 4) is 0 Å². The maximum atomic E-state index is 5.67. The maximum absolute atomic E-state index is 5.67. The minimum atomic E-state index is 0.795. The van der Waals surface area contributed by atoms with Gasteiger partial charge >= 0.3 is 0 Å². The van der Waals surface area contributed by atoms with E-state index in [4.69, 9.17) is 5.73 Å². The van der Waals surface area contributed by atoms with Gasteiger partial charge in [0.05, 0.1) is 0 Å². The van der Waals surface area contributed by atoms with Crippen molar-refractivity contribution in [1.82, 2.24) is 9.36 Å². The highest BCUT2D eigenvalue weighted by atomic mass is 32.2. The molecule has 2 N–H and O–H groups in total. The fraction of sp³-hybridized carbons (Fsp3) is 0.111. The summed E-state index contributed by atoms with van der Waals surface area (Å²) in [5.74, 6) is 0. The zero-order chi connectivity index (χ0) is 9.97. The third-order valence-corrected chi connectivity index (χ3v) is 3.63. The van der Waals surface area contributed by atoms with Crippen molar-refractivity contribution in [2.75, 3.05) is 5.73 Å². The van der Waals surface area contributed by atoms with Crippen LogP contribution in [0, 0.1) is 6.92 Å². The molecule has 0 aliphatic carbocycles. The molecule has 1 aromatic heterocycles. The van der Waals surface area contributed by atoms with Gasteiger partial charge in [-0.3, -0.25) is 0 Å². The largest absolute Gasteiger partial charge is 0.399 e. The van der Waals surface area contributed by atoms with Gasteiger partial charge in [0.15, 0.2) is 4.34 Å². The number of nitrogens with zero attached hydrogens (tertiary/aromatic N) is 2. The maximum Gasteiger partial charge on any atom is 0.174 e. The molecular formula is C9H9N3S2. The van der Waals surface area contributed by atoms with Crippen molar-refractivity contribution in [3.05, 3.63) is 30.1 Å². The van der Waals surface area contributed by atoms with Gasteiger partial charge in [-0.05, 0) is 42.2 Å². The Kier molecular flexibility index (Phi) is 2.69. The molecule has 0 bridgehead atoms. The van der Waals surface area contributed by atoms with Crippen molar-refractivity contribution in [1.29, 1.82) is 0 Å². The van der Waals surface area contributed by atoms with Gasteiger partial charge in [-0.1, -0.05) is 11.8 Å². The highest BCUT2D eigenvalue weighted by Crippen LogP contribution is 2.31. The van der Waals surface area contributed by atoms with Crippen LogP contribution in [-0.4, -0.2) is 9.36 Å². The first-order valence-electron chi connectivity index (χ1n) is 4.06. The van der Waals surface area contributed by atoms with Crippen LogP contribution in [0.3, 0.4) is 0 Å². The van der Waals surface area contributed by atoms with Crippen molar-refractivity contribution < 1.29 is 0 Å². The van der Waals surface area contributed by atoms with E-state index >= 15 is 0 Å². The Morgan fingerprint density at radius 2 is 2.29 bits per heavy atom. The molecule has 2 aromatic rings. The fourth-order valence-corrected chi connectivity index (χ4v) is 2.56. The Balaban J connectivity index is 2.25. The lowest BCUT2D eigenvalue weighted by atomic mass is 10.2. The highest BCUT2D eigenvalue weighted by Gasteiger charge is 2.03. The zero-order valence-corrected chi connectivity index (χ0v) is 9.23. The second kappa shape index (κ2) is 3.98. The second-order valence-electron chi connectivity index (χ2n) is 2.83. The van der Waals surface area contributed by atoms with E-state index in [0.717, 1.165) is 10.0 Å². The molecule has 0 atom stereocenters. The third kappa shape index (κ3) is 2.05. The van der Waals surface area contributed by atoms with Gasteiger partial charge in [-0.25, -0.2) is 4.98 Å². The zero-order valence-electron chi connectivity index (χ0n) is 7.60. The number of aromatic nitrogens is 2. The van der Waals surface area contributed by atoms with Crippen molar-refractivity contribution >= 4 is 29.0 Å². The van der Waals surface area contributed by atoms with E-state index in [1.807, 2.05) is 25.1 Å². The molecule has 0 fully saturated rings. The number of hydrogen-bond acceptors (Lipinski definition) is 5. The van der Waals surface area contributed by atoms with Crippen LogP contribution in [-0.2, 0) is 0 Å². The normalized spacial score (nSPS) is 10.4. The SMILES string of the molecule is Cc1cc(N)ccc1Sc1ncns1. The van der Waals surface area contributed by atoms with Crippen LogP contribution in [0.4, 0.5) is 5.69 Å². The number of nitrogens with two attached hydrogens (primary N) is 1. The molecule has 14 heavy (non-hydrogen) atoms. The summed E-state index contributed by atoms with van der Waals surface area (Å²) in [7, 11) is 0. The molecular weight excluding hydrogens is 214 g/mol. The molecule has 5 heteroatoms. The van der Waals surface area contributed by atoms with E-state index in [9.17, 15) is 0 Å². The minimum absolute atomic E-state index is 0.795. The van der Waals surface area contributed by atoms with Gasteiger partial charge < -0.3 is 5.73 Å². The molecule has 0 spiro atoms. The number of aryl methyl sites for hydroxylation is 1. The van der Waals surface area contributed by atoms with Gasteiger partial charge in [-0.2, -0.15) is 4.37 Å². The molecule has 0 radical (unpaired) electrons. The molecule has 0 saturated carbocycles. The van der Waals surface area contributed by atoms with E-state index in [-0.39, 0.29) is 0 Å². The summed E-state index contributed by atoms with van der Waals surface area (Å²) in [4.78, 5) is 5.29. The van der Waals surface area contributed by atoms with Crippen molar-refractivity contribution in [3.63, 3.8) is 0 Å². The smallest absolute Gasteiger partial charge is 0.174 e. The highest BCUT2D eigenvalue weighted by molar-refractivity contribution is 8.01. The average molecular weight is 223 g/mol. The summed E-state index contributed by atoms with van der Waals surface area (Å²) in [6, 6.07) is 5.87. The van der Waals surface area contributed by atoms with E-state index < -0.39 is 0 Å². The van der Waals surface area contributed by atoms with Crippen LogP contribution < -0.4 is 5.73 Å². The van der Waals surface area contributed by atoms with Crippen LogP contribution in [0.1, 0.15) is 5.56 Å². The van der Waals surface area contributed by atoms with Gasteiger partial charge in [0, 0.05) is 10.6 Å². The number of rotatable bonds is 2. The van der Waals surface area contributed by atoms with E-state index in [1.165, 1.54) is 22.0 Å². The number of hydrogen-bond donors (Lipinski definition) is 1. The summed E-state index contributed by atoms with van der Waals surface area (Å²) < 4.78 is 4.91. The molecule has 0 aliphatic rings. The quantitative estimate of drug-likeness (QED) is 0.795. The van der Waals surface area contributed by atoms with Gasteiger partial charge in [0.2, 0.25) is 0 Å². The molecule has 0 amide bonds. The lowest BCUT2D eigenvalue weighted by Crippen LogP contribution is -1.86. The summed E-state index contributed by atoms with van der Waals surface area (Å²) in [5.41, 5.74) is 7.63. The van der Waals surface area contributed by atoms with E-state index in [2.05, 4.69) is 9.36 Å². The van der Waals surface area contributed by atoms with Crippen LogP contribution in [0.2, 0.25) is 0 Å². The molecule has 3 nitrogen and oxygen atoms in total. The minimum Gasteiger partial charge on any atom is -0.399 e. The predicted molar refractivity (Wildman–Crippen MR) is 59.6 cm³/mol. The lowest BCUT2D eigenvalue weighted by Gasteiger charge is -2.03. The Morgan fingerprint density at radius 1 is 1.43 bits per heavy atom. The van der Waals surface area contributed by atoms with Crippen LogP contribution in [0.5, 0.6) is 0 Å². The monoisotopic (exact) mass is 223 g/mol. The standard InChI is InChI=1S/C9H9N3S2/c1-6-4-7(10)2-3-8(6)13-9-11-5-12-14-9/h2-5H,10H2,1H3. The number of benzene rings is 1. The number of nitrogen functional groups attached to an aromatic ring is 1. The van der Waals surface area contributed by atoms with Crippen LogP contribution in [0.25, 0.3) is 0 Å². The fourth-order valence-electron chi connectivity index (χ4n) is 1.09. The molecule has 0 aliphatic heterocycles. The second-order valence-corrected chi connectivity index (χ2v) is 4.90. The Bertz CT molecular complexity index is 426. The van der Waals surface area contributed by atoms with Crippen LogP contribution >= 0.6 is 23.3 Å². The first-order valence-corrected chi connectivity index (χ1v) is 5.65. The number of anilines is 1. The Morgan fingerprint density at radius 3 is 2.93 bits per heavy atom. The third-order valence-electron chi connectivity index (χ3n) is 1.74. The topological polar surface area (TPSA) is 51.8 Å². The van der Waals surface area contributed by atoms with Gasteiger partial charge in [-0.15, -0.1) is 0 Å².